The summed E-state index contributed by atoms with van der Waals surface area (Å²) in [4.78, 5) is 12.0. The Bertz CT molecular complexity index is 567. The van der Waals surface area contributed by atoms with Gasteiger partial charge in [0.05, 0.1) is 138 Å². The van der Waals surface area contributed by atoms with Gasteiger partial charge < -0.3 is 52.1 Å². The topological polar surface area (TPSA) is 119 Å². The molecule has 0 bridgehead atoms. The molecule has 1 atom stereocenters. The van der Waals surface area contributed by atoms with E-state index in [0.717, 1.165) is 25.7 Å². The molecule has 0 aliphatic heterocycles. The Hall–Kier alpha value is -1.19. The molecular formula is C31H60O12. The van der Waals surface area contributed by atoms with Crippen LogP contribution >= 0.6 is 0 Å². The molecule has 12 nitrogen and oxygen atoms in total. The van der Waals surface area contributed by atoms with E-state index in [9.17, 15) is 4.79 Å². The lowest BCUT2D eigenvalue weighted by Crippen LogP contribution is -2.20. The minimum atomic E-state index is -0.119. The number of rotatable bonds is 37. The minimum absolute atomic E-state index is 0.00169. The van der Waals surface area contributed by atoms with E-state index in [1.807, 2.05) is 6.92 Å². The molecule has 0 heterocycles. The van der Waals surface area contributed by atoms with Crippen molar-refractivity contribution >= 4 is 5.97 Å². The number of hydrogen-bond acceptors (Lipinski definition) is 12. The summed E-state index contributed by atoms with van der Waals surface area (Å²) in [6.45, 7) is 18.1. The second kappa shape index (κ2) is 37.0. The van der Waals surface area contributed by atoms with Gasteiger partial charge in [-0.25, -0.2) is 0 Å². The summed E-state index contributed by atoms with van der Waals surface area (Å²) in [5.41, 5.74) is 0. The van der Waals surface area contributed by atoms with Crippen LogP contribution in [0.3, 0.4) is 0 Å². The predicted octanol–water partition coefficient (Wildman–Crippen LogP) is 3.10. The molecule has 12 heteroatoms. The fourth-order valence-corrected chi connectivity index (χ4v) is 3.40. The molecule has 0 rings (SSSR count). The van der Waals surface area contributed by atoms with Crippen molar-refractivity contribution in [3.8, 4) is 0 Å². The van der Waals surface area contributed by atoms with Crippen LogP contribution in [0.4, 0.5) is 0 Å². The molecule has 256 valence electrons. The third kappa shape index (κ3) is 33.5. The summed E-state index contributed by atoms with van der Waals surface area (Å²) < 4.78 is 59.5. The molecule has 0 aromatic carbocycles. The highest BCUT2D eigenvalue weighted by atomic mass is 16.6. The van der Waals surface area contributed by atoms with Gasteiger partial charge in [0.2, 0.25) is 0 Å². The highest BCUT2D eigenvalue weighted by Gasteiger charge is 2.16. The maximum absolute atomic E-state index is 12.0. The summed E-state index contributed by atoms with van der Waals surface area (Å²) in [7, 11) is 0. The normalized spacial score (nSPS) is 12.0. The molecule has 0 saturated heterocycles. The first-order valence-electron chi connectivity index (χ1n) is 15.8. The molecule has 0 N–H and O–H groups in total. The maximum atomic E-state index is 12.0. The van der Waals surface area contributed by atoms with Crippen LogP contribution in [0, 0.1) is 5.92 Å². The summed E-state index contributed by atoms with van der Waals surface area (Å²) >= 11 is 0. The molecule has 0 spiro atoms. The lowest BCUT2D eigenvalue weighted by atomic mass is 10.00. The van der Waals surface area contributed by atoms with Crippen molar-refractivity contribution in [3.63, 3.8) is 0 Å². The number of hydrogen-bond donors (Lipinski definition) is 0. The molecule has 0 amide bonds. The zero-order valence-corrected chi connectivity index (χ0v) is 26.9. The molecule has 0 aliphatic carbocycles. The van der Waals surface area contributed by atoms with Crippen LogP contribution in [0.25, 0.3) is 0 Å². The molecule has 43 heavy (non-hydrogen) atoms. The van der Waals surface area contributed by atoms with Crippen molar-refractivity contribution in [1.82, 2.24) is 0 Å². The Morgan fingerprint density at radius 1 is 0.512 bits per heavy atom. The van der Waals surface area contributed by atoms with Crippen LogP contribution in [0.15, 0.2) is 12.7 Å². The van der Waals surface area contributed by atoms with Crippen LogP contribution in [-0.4, -0.2) is 145 Å². The molecule has 0 aliphatic rings. The number of carbonyl (C=O) groups excluding carboxylic acids is 1. The summed E-state index contributed by atoms with van der Waals surface area (Å²) in [6, 6.07) is 0. The highest BCUT2D eigenvalue weighted by molar-refractivity contribution is 5.72. The fourth-order valence-electron chi connectivity index (χ4n) is 3.40. The van der Waals surface area contributed by atoms with E-state index in [-0.39, 0.29) is 18.5 Å². The Morgan fingerprint density at radius 2 is 0.814 bits per heavy atom. The van der Waals surface area contributed by atoms with Gasteiger partial charge in [-0.2, -0.15) is 0 Å². The van der Waals surface area contributed by atoms with Gasteiger partial charge in [-0.05, 0) is 12.8 Å². The second-order valence-electron chi connectivity index (χ2n) is 9.29. The van der Waals surface area contributed by atoms with Crippen molar-refractivity contribution in [2.45, 2.75) is 39.5 Å². The summed E-state index contributed by atoms with van der Waals surface area (Å²) in [6.07, 6.45) is 5.55. The van der Waals surface area contributed by atoms with E-state index < -0.39 is 0 Å². The van der Waals surface area contributed by atoms with E-state index in [1.165, 1.54) is 0 Å². The van der Waals surface area contributed by atoms with Gasteiger partial charge in [-0.3, -0.25) is 4.79 Å². The van der Waals surface area contributed by atoms with Gasteiger partial charge in [0.1, 0.15) is 6.61 Å². The molecule has 0 saturated carbocycles. The van der Waals surface area contributed by atoms with Gasteiger partial charge in [-0.15, -0.1) is 6.58 Å². The molecule has 0 aromatic heterocycles. The van der Waals surface area contributed by atoms with Crippen molar-refractivity contribution < 1.29 is 56.9 Å². The van der Waals surface area contributed by atoms with E-state index in [2.05, 4.69) is 13.5 Å². The standard InChI is InChI=1S/C31H60O12/c1-4-7-8-30(6-3)31(32)43-29-28-42-27-26-41-25-24-40-23-22-39-21-20-38-19-18-37-17-16-36-15-14-35-13-12-34-11-10-33-9-5-2/h5,30H,2,4,6-29H2,1,3H3. The van der Waals surface area contributed by atoms with Gasteiger partial charge in [0.25, 0.3) is 0 Å². The third-order valence-corrected chi connectivity index (χ3v) is 5.79. The lowest BCUT2D eigenvalue weighted by Gasteiger charge is -2.13. The van der Waals surface area contributed by atoms with E-state index >= 15 is 0 Å². The molecule has 0 radical (unpaired) electrons. The van der Waals surface area contributed by atoms with Gasteiger partial charge in [0, 0.05) is 0 Å². The van der Waals surface area contributed by atoms with E-state index in [0.29, 0.717) is 132 Å². The number of esters is 1. The maximum Gasteiger partial charge on any atom is 0.308 e. The van der Waals surface area contributed by atoms with Crippen LogP contribution in [0.2, 0.25) is 0 Å². The van der Waals surface area contributed by atoms with Gasteiger partial charge in [0.15, 0.2) is 0 Å². The third-order valence-electron chi connectivity index (χ3n) is 5.79. The van der Waals surface area contributed by atoms with Crippen LogP contribution < -0.4 is 0 Å². The zero-order valence-electron chi connectivity index (χ0n) is 26.9. The number of ether oxygens (including phenoxy) is 11. The Balaban J connectivity index is 3.15. The Labute approximate surface area is 259 Å². The van der Waals surface area contributed by atoms with Crippen molar-refractivity contribution in [1.29, 1.82) is 0 Å². The smallest absolute Gasteiger partial charge is 0.308 e. The van der Waals surface area contributed by atoms with E-state index in [1.54, 1.807) is 6.08 Å². The SMILES string of the molecule is C=CCOCCOCCOCCOCCOCCOCCOCCOCCOCCOCCOC(=O)C(CC)CCCC. The molecule has 0 fully saturated rings. The first-order chi connectivity index (χ1) is 21.3. The first-order valence-corrected chi connectivity index (χ1v) is 15.8. The zero-order chi connectivity index (χ0) is 31.3. The van der Waals surface area contributed by atoms with Crippen LogP contribution in [0.5, 0.6) is 0 Å². The first kappa shape index (κ1) is 41.8. The van der Waals surface area contributed by atoms with Crippen LogP contribution in [0.1, 0.15) is 39.5 Å². The Morgan fingerprint density at radius 3 is 1.09 bits per heavy atom. The molecule has 0 aromatic rings. The largest absolute Gasteiger partial charge is 0.463 e. The average molecular weight is 625 g/mol. The summed E-state index contributed by atoms with van der Waals surface area (Å²) in [5, 5.41) is 0. The van der Waals surface area contributed by atoms with E-state index in [4.69, 9.17) is 52.1 Å². The lowest BCUT2D eigenvalue weighted by molar-refractivity contribution is -0.150. The monoisotopic (exact) mass is 624 g/mol. The molecule has 1 unspecified atom stereocenters. The fraction of sp³-hybridized carbons (Fsp3) is 0.903. The molecular weight excluding hydrogens is 564 g/mol. The number of unbranched alkanes of at least 4 members (excludes halogenated alkanes) is 1. The summed E-state index contributed by atoms with van der Waals surface area (Å²) in [5.74, 6) is -0.121. The van der Waals surface area contributed by atoms with Crippen LogP contribution in [-0.2, 0) is 56.9 Å². The Kier molecular flexibility index (Phi) is 36.0. The van der Waals surface area contributed by atoms with Gasteiger partial charge >= 0.3 is 5.97 Å². The minimum Gasteiger partial charge on any atom is -0.463 e. The second-order valence-corrected chi connectivity index (χ2v) is 9.29. The quantitative estimate of drug-likeness (QED) is 0.0574. The average Bonchev–Trinajstić information content (AvgIpc) is 3.02. The predicted molar refractivity (Wildman–Crippen MR) is 163 cm³/mol. The van der Waals surface area contributed by atoms with Gasteiger partial charge in [-0.1, -0.05) is 32.8 Å². The van der Waals surface area contributed by atoms with Crippen molar-refractivity contribution in [3.05, 3.63) is 12.7 Å². The van der Waals surface area contributed by atoms with Crippen molar-refractivity contribution in [2.24, 2.45) is 5.92 Å². The number of carbonyl (C=O) groups is 1. The highest BCUT2D eigenvalue weighted by Crippen LogP contribution is 2.14. The van der Waals surface area contributed by atoms with Crippen molar-refractivity contribution in [2.75, 3.05) is 139 Å².